The van der Waals surface area contributed by atoms with E-state index in [9.17, 15) is 30.6 Å². The summed E-state index contributed by atoms with van der Waals surface area (Å²) in [6, 6.07) is 29.4. The lowest BCUT2D eigenvalue weighted by Crippen LogP contribution is -2.38. The van der Waals surface area contributed by atoms with Crippen LogP contribution in [0.2, 0.25) is 0 Å². The average Bonchev–Trinajstić information content (AvgIpc) is 1.59. The summed E-state index contributed by atoms with van der Waals surface area (Å²) in [5.41, 5.74) is 32.2. The fourth-order valence-electron chi connectivity index (χ4n) is 16.9. The molecule has 16 N–H and O–H groups in total. The third-order valence-corrected chi connectivity index (χ3v) is 24.2. The number of nitrogens with zero attached hydrogens (tertiary/aromatic N) is 12. The number of aryl methyl sites for hydroxylation is 2. The Balaban J connectivity index is 0.000000121. The van der Waals surface area contributed by atoms with E-state index in [4.69, 9.17) is 27.7 Å². The molecule has 28 heteroatoms. The van der Waals surface area contributed by atoms with E-state index in [-0.39, 0.29) is 43.7 Å². The number of aliphatic hydroxyl groups is 6. The van der Waals surface area contributed by atoms with Crippen LogP contribution in [0.25, 0.3) is 65.8 Å². The zero-order chi connectivity index (χ0) is 68.7. The maximum Gasteiger partial charge on any atom is 0.145 e. The number of nitrogens with two attached hydrogens (primary N) is 4. The number of halogens is 3. The summed E-state index contributed by atoms with van der Waals surface area (Å²) >= 11 is 10.3. The van der Waals surface area contributed by atoms with Gasteiger partial charge in [-0.3, -0.25) is 0 Å². The van der Waals surface area contributed by atoms with Crippen molar-refractivity contribution in [3.05, 3.63) is 170 Å². The SMILES string of the molecule is C.Cc1ncnc2c1ccn2[C@@H]1C[C@@]2(CN[C@H](c3ccc4cc(Br)c(N)nc4c3)C2)[C@@H](O)[C@H]1O.Cc1ncnc2c1ccn2[C@@H]1C[C@@]2(CO[C@H](c3ccc4cc(Br)c(N)nc4c3)C2)[C@@H](O)[C@H]1O.Nc1nc2cc([C@@H]3C[C@@]4(CN3)C[C@@H](n3ccc5c(N)ncnc53)[C@H](O)[C@@H]4O)ccc2cc1Br. The summed E-state index contributed by atoms with van der Waals surface area (Å²) in [5.74, 6) is 1.77. The van der Waals surface area contributed by atoms with Gasteiger partial charge < -0.3 is 82.6 Å². The zero-order valence-corrected chi connectivity index (χ0v) is 58.6. The monoisotopic (exact) mass is 1540 g/mol. The van der Waals surface area contributed by atoms with E-state index in [2.05, 4.69) is 121 Å². The van der Waals surface area contributed by atoms with Crippen molar-refractivity contribution in [2.75, 3.05) is 42.6 Å². The second-order valence-electron chi connectivity index (χ2n) is 28.0. The van der Waals surface area contributed by atoms with Crippen LogP contribution in [0.1, 0.15) is 110 Å². The highest BCUT2D eigenvalue weighted by Crippen LogP contribution is 2.57. The van der Waals surface area contributed by atoms with Crippen LogP contribution >= 0.6 is 47.8 Å². The number of rotatable bonds is 6. The smallest absolute Gasteiger partial charge is 0.145 e. The molecule has 12 aromatic rings. The second-order valence-corrected chi connectivity index (χ2v) is 30.5. The molecule has 9 aromatic heterocycles. The van der Waals surface area contributed by atoms with Gasteiger partial charge in [0.2, 0.25) is 0 Å². The minimum atomic E-state index is -0.909. The van der Waals surface area contributed by atoms with E-state index < -0.39 is 52.9 Å². The first kappa shape index (κ1) is 67.8. The van der Waals surface area contributed by atoms with Crippen molar-refractivity contribution in [1.82, 2.24) is 69.2 Å². The van der Waals surface area contributed by atoms with Gasteiger partial charge in [0.05, 0.1) is 95.9 Å². The fourth-order valence-corrected chi connectivity index (χ4v) is 17.9. The minimum Gasteiger partial charge on any atom is -0.390 e. The molecule has 15 atom stereocenters. The molecular formula is C72H77Br3N18O7. The summed E-state index contributed by atoms with van der Waals surface area (Å²) in [4.78, 5) is 39.3. The van der Waals surface area contributed by atoms with Crippen LogP contribution in [0.4, 0.5) is 23.3 Å². The number of fused-ring (bicyclic) bond motifs is 6. The van der Waals surface area contributed by atoms with Crippen molar-refractivity contribution in [1.29, 1.82) is 0 Å². The quantitative estimate of drug-likeness (QED) is 0.0737. The third kappa shape index (κ3) is 11.4. The molecule has 3 spiro atoms. The number of pyridine rings is 3. The molecule has 0 bridgehead atoms. The van der Waals surface area contributed by atoms with E-state index in [1.165, 1.54) is 12.7 Å². The van der Waals surface area contributed by atoms with E-state index >= 15 is 0 Å². The van der Waals surface area contributed by atoms with Crippen LogP contribution < -0.4 is 33.6 Å². The second kappa shape index (κ2) is 25.8. The fraction of sp³-hybridized carbons (Fsp3) is 0.375. The molecule has 3 saturated heterocycles. The van der Waals surface area contributed by atoms with Crippen molar-refractivity contribution in [3.8, 4) is 0 Å². The molecule has 3 aliphatic heterocycles. The predicted molar refractivity (Wildman–Crippen MR) is 393 cm³/mol. The molecule has 3 aliphatic carbocycles. The van der Waals surface area contributed by atoms with Gasteiger partial charge in [-0.2, -0.15) is 0 Å². The number of ether oxygens (including phenoxy) is 1. The molecular weight excluding hydrogens is 1470 g/mol. The van der Waals surface area contributed by atoms with Crippen molar-refractivity contribution in [3.63, 3.8) is 0 Å². The number of aliphatic hydroxyl groups excluding tert-OH is 6. The van der Waals surface area contributed by atoms with E-state index in [0.717, 1.165) is 108 Å². The normalized spacial score (nSPS) is 29.3. The van der Waals surface area contributed by atoms with Crippen molar-refractivity contribution in [2.45, 2.75) is 133 Å². The molecule has 100 heavy (non-hydrogen) atoms. The third-order valence-electron chi connectivity index (χ3n) is 22.3. The summed E-state index contributed by atoms with van der Waals surface area (Å²) < 4.78 is 14.4. The number of anilines is 4. The van der Waals surface area contributed by atoms with Gasteiger partial charge in [0.15, 0.2) is 0 Å². The number of benzene rings is 3. The largest absolute Gasteiger partial charge is 0.390 e. The molecule has 6 aliphatic rings. The Kier molecular flexibility index (Phi) is 17.5. The van der Waals surface area contributed by atoms with Gasteiger partial charge in [0, 0.05) is 86.9 Å². The molecule has 25 nitrogen and oxygen atoms in total. The molecule has 3 aromatic carbocycles. The van der Waals surface area contributed by atoms with Gasteiger partial charge in [-0.15, -0.1) is 0 Å². The number of nitrogens with one attached hydrogen (secondary N) is 2. The van der Waals surface area contributed by atoms with Gasteiger partial charge in [-0.25, -0.2) is 44.9 Å². The first-order valence-electron chi connectivity index (χ1n) is 33.0. The van der Waals surface area contributed by atoms with Crippen molar-refractivity contribution in [2.24, 2.45) is 16.2 Å². The van der Waals surface area contributed by atoms with Gasteiger partial charge in [-0.1, -0.05) is 43.8 Å². The Morgan fingerprint density at radius 3 is 1.25 bits per heavy atom. The Hall–Kier alpha value is -7.97. The maximum atomic E-state index is 11.2. The topological polar surface area (TPSA) is 390 Å². The first-order chi connectivity index (χ1) is 47.6. The van der Waals surface area contributed by atoms with E-state index in [0.29, 0.717) is 80.7 Å². The minimum absolute atomic E-state index is 0. The predicted octanol–water partition coefficient (Wildman–Crippen LogP) is 9.40. The van der Waals surface area contributed by atoms with Crippen LogP contribution in [0.3, 0.4) is 0 Å². The van der Waals surface area contributed by atoms with Crippen molar-refractivity contribution < 1.29 is 35.4 Å². The zero-order valence-electron chi connectivity index (χ0n) is 53.8. The molecule has 0 amide bonds. The summed E-state index contributed by atoms with van der Waals surface area (Å²) in [5, 5.41) is 79.4. The van der Waals surface area contributed by atoms with Gasteiger partial charge >= 0.3 is 0 Å². The van der Waals surface area contributed by atoms with E-state index in [1.54, 1.807) is 6.33 Å². The summed E-state index contributed by atoms with van der Waals surface area (Å²) in [6.45, 7) is 5.51. The molecule has 3 saturated carbocycles. The van der Waals surface area contributed by atoms with Gasteiger partial charge in [0.1, 0.15) is 77.5 Å². The Morgan fingerprint density at radius 1 is 0.440 bits per heavy atom. The van der Waals surface area contributed by atoms with Crippen molar-refractivity contribution >= 4 is 137 Å². The van der Waals surface area contributed by atoms with Crippen LogP contribution in [0.15, 0.2) is 142 Å². The molecule has 0 unspecified atom stereocenters. The highest BCUT2D eigenvalue weighted by molar-refractivity contribution is 9.11. The molecule has 6 fully saturated rings. The highest BCUT2D eigenvalue weighted by atomic mass is 79.9. The number of hydrogen-bond donors (Lipinski definition) is 12. The van der Waals surface area contributed by atoms with Crippen LogP contribution in [0.5, 0.6) is 0 Å². The number of hydrogen-bond acceptors (Lipinski definition) is 22. The Bertz CT molecular complexity index is 4680. The maximum absolute atomic E-state index is 11.2. The summed E-state index contributed by atoms with van der Waals surface area (Å²) in [7, 11) is 0. The Morgan fingerprint density at radius 2 is 0.810 bits per heavy atom. The molecule has 0 radical (unpaired) electrons. The van der Waals surface area contributed by atoms with Crippen LogP contribution in [0, 0.1) is 30.1 Å². The molecule has 518 valence electrons. The lowest BCUT2D eigenvalue weighted by atomic mass is 9.80. The van der Waals surface area contributed by atoms with Crippen LogP contribution in [-0.4, -0.2) is 146 Å². The molecule has 12 heterocycles. The van der Waals surface area contributed by atoms with Gasteiger partial charge in [0.25, 0.3) is 0 Å². The van der Waals surface area contributed by atoms with Gasteiger partial charge in [-0.05, 0) is 171 Å². The Labute approximate surface area is 599 Å². The highest BCUT2D eigenvalue weighted by Gasteiger charge is 2.59. The van der Waals surface area contributed by atoms with E-state index in [1.807, 2.05) is 119 Å². The average molecular weight is 1550 g/mol. The number of aromatic nitrogens is 12. The van der Waals surface area contributed by atoms with Crippen LogP contribution in [-0.2, 0) is 4.74 Å². The lowest BCUT2D eigenvalue weighted by molar-refractivity contribution is -0.0309. The standard InChI is InChI=1S/C24H25BrN6O2.C24H24BrN5O3.C23H24BrN7O2.CH4/c1-12-15-4-5-31(23(15)29-11-28-12)19-9-24(21(33)20(19)32)8-18(27-10-24)14-3-2-13-6-16(25)22(26)30-17(13)7-14;1-12-15-4-5-30(23(15)28-11-27-12)18-8-24(21(32)20(18)31)9-19(33-10-24)14-3-2-13-6-16(25)22(26)29-17(13)7-14;24-14-5-11-1-2-12(6-15(11)30-21(14)26)16-7-23(9-27-16)8-17(18(32)19(23)33)31-4-3-13-20(25)28-10-29-22(13)31;/h2-7,11,18-21,27,32-33H,8-10H2,1H3,(H2,26,30);2-7,11,18-21,31-32H,8-10H2,1H3,(H2,26,29);1-6,10,16-19,27,32-33H,7-9H2,(H2,26,30)(H2,25,28,29);1H4/t18-,19+,20-,21-,24-;18-,19+,20+,21+,24-;16-,17+,18-,19-,23-;/m010./s1. The molecule has 18 rings (SSSR count). The summed E-state index contributed by atoms with van der Waals surface area (Å²) in [6.07, 6.45) is 8.74. The first-order valence-corrected chi connectivity index (χ1v) is 35.3. The number of nitrogen functional groups attached to an aromatic ring is 4. The lowest BCUT2D eigenvalue weighted by Gasteiger charge is -2.27.